The Morgan fingerprint density at radius 2 is 2.11 bits per heavy atom. The maximum absolute atomic E-state index is 5.88. The first-order chi connectivity index (χ1) is 9.22. The number of nitrogens with zero attached hydrogens (tertiary/aromatic N) is 3. The highest BCUT2D eigenvalue weighted by Crippen LogP contribution is 2.34. The topological polar surface area (TPSA) is 38.2 Å². The van der Waals surface area contributed by atoms with E-state index in [9.17, 15) is 0 Å². The number of anilines is 1. The molecule has 98 valence electrons. The zero-order valence-electron chi connectivity index (χ0n) is 11.2. The lowest BCUT2D eigenvalue weighted by Crippen LogP contribution is -2.38. The zero-order chi connectivity index (χ0) is 13.2. The summed E-state index contributed by atoms with van der Waals surface area (Å²) in [6, 6.07) is 6.31. The summed E-state index contributed by atoms with van der Waals surface area (Å²) in [5.41, 5.74) is 3.51. The van der Waals surface area contributed by atoms with Gasteiger partial charge in [-0.05, 0) is 31.5 Å². The van der Waals surface area contributed by atoms with Crippen molar-refractivity contribution < 1.29 is 4.74 Å². The maximum atomic E-state index is 5.88. The minimum atomic E-state index is 0.194. The van der Waals surface area contributed by atoms with E-state index in [1.807, 2.05) is 12.4 Å². The summed E-state index contributed by atoms with van der Waals surface area (Å²) in [5.74, 6) is 0.959. The van der Waals surface area contributed by atoms with Crippen molar-refractivity contribution in [3.63, 3.8) is 0 Å². The molecule has 1 aliphatic heterocycles. The Bertz CT molecular complexity index is 571. The van der Waals surface area contributed by atoms with E-state index in [1.54, 1.807) is 6.33 Å². The molecule has 3 rings (SSSR count). The van der Waals surface area contributed by atoms with Crippen molar-refractivity contribution in [3.8, 4) is 5.75 Å². The molecule has 0 N–H and O–H groups in total. The molecule has 1 unspecified atom stereocenters. The molecule has 2 aromatic rings. The van der Waals surface area contributed by atoms with E-state index in [-0.39, 0.29) is 6.10 Å². The standard InChI is InChI=1S/C15H17N3O/c1-11-3-4-15-14(5-11)18(8-12(2)19-15)9-13-6-16-10-17-7-13/h3-7,10,12H,8-9H2,1-2H3. The smallest absolute Gasteiger partial charge is 0.143 e. The Labute approximate surface area is 113 Å². The van der Waals surface area contributed by atoms with Crippen LogP contribution in [-0.4, -0.2) is 22.6 Å². The van der Waals surface area contributed by atoms with Gasteiger partial charge in [-0.15, -0.1) is 0 Å². The Kier molecular flexibility index (Phi) is 3.07. The number of aryl methyl sites for hydroxylation is 1. The van der Waals surface area contributed by atoms with Gasteiger partial charge in [-0.3, -0.25) is 0 Å². The van der Waals surface area contributed by atoms with Crippen LogP contribution in [0, 0.1) is 6.92 Å². The lowest BCUT2D eigenvalue weighted by atomic mass is 10.1. The molecule has 1 aromatic carbocycles. The van der Waals surface area contributed by atoms with Crippen molar-refractivity contribution in [2.45, 2.75) is 26.5 Å². The Hall–Kier alpha value is -2.10. The fourth-order valence-electron chi connectivity index (χ4n) is 2.42. The molecule has 0 radical (unpaired) electrons. The number of aromatic nitrogens is 2. The number of hydrogen-bond acceptors (Lipinski definition) is 4. The monoisotopic (exact) mass is 255 g/mol. The second-order valence-corrected chi connectivity index (χ2v) is 5.03. The van der Waals surface area contributed by atoms with Crippen molar-refractivity contribution in [2.75, 3.05) is 11.4 Å². The predicted molar refractivity (Wildman–Crippen MR) is 74.4 cm³/mol. The van der Waals surface area contributed by atoms with Gasteiger partial charge in [0.05, 0.1) is 12.2 Å². The van der Waals surface area contributed by atoms with Gasteiger partial charge in [0.15, 0.2) is 0 Å². The second-order valence-electron chi connectivity index (χ2n) is 5.03. The normalized spacial score (nSPS) is 17.8. The molecule has 0 amide bonds. The summed E-state index contributed by atoms with van der Waals surface area (Å²) in [7, 11) is 0. The van der Waals surface area contributed by atoms with Gasteiger partial charge < -0.3 is 9.64 Å². The van der Waals surface area contributed by atoms with Crippen molar-refractivity contribution in [2.24, 2.45) is 0 Å². The van der Waals surface area contributed by atoms with Crippen LogP contribution < -0.4 is 9.64 Å². The quantitative estimate of drug-likeness (QED) is 0.826. The van der Waals surface area contributed by atoms with E-state index in [4.69, 9.17) is 4.74 Å². The summed E-state index contributed by atoms with van der Waals surface area (Å²) in [4.78, 5) is 10.5. The lowest BCUT2D eigenvalue weighted by molar-refractivity contribution is 0.212. The number of fused-ring (bicyclic) bond motifs is 1. The minimum Gasteiger partial charge on any atom is -0.487 e. The zero-order valence-corrected chi connectivity index (χ0v) is 11.2. The number of ether oxygens (including phenoxy) is 1. The third-order valence-electron chi connectivity index (χ3n) is 3.25. The van der Waals surface area contributed by atoms with Crippen LogP contribution in [-0.2, 0) is 6.54 Å². The minimum absolute atomic E-state index is 0.194. The molecule has 0 saturated carbocycles. The van der Waals surface area contributed by atoms with Crippen molar-refractivity contribution in [1.29, 1.82) is 0 Å². The van der Waals surface area contributed by atoms with Gasteiger partial charge in [0.1, 0.15) is 18.2 Å². The predicted octanol–water partition coefficient (Wildman–Crippen LogP) is 2.57. The molecular formula is C15H17N3O. The van der Waals surface area contributed by atoms with Gasteiger partial charge in [-0.1, -0.05) is 6.07 Å². The van der Waals surface area contributed by atoms with Crippen LogP contribution in [0.25, 0.3) is 0 Å². The van der Waals surface area contributed by atoms with Crippen LogP contribution in [0.2, 0.25) is 0 Å². The van der Waals surface area contributed by atoms with Gasteiger partial charge >= 0.3 is 0 Å². The molecule has 0 aliphatic carbocycles. The van der Waals surface area contributed by atoms with Crippen LogP contribution in [0.15, 0.2) is 36.9 Å². The van der Waals surface area contributed by atoms with E-state index < -0.39 is 0 Å². The number of rotatable bonds is 2. The first-order valence-electron chi connectivity index (χ1n) is 6.48. The van der Waals surface area contributed by atoms with Crippen molar-refractivity contribution >= 4 is 5.69 Å². The summed E-state index contributed by atoms with van der Waals surface area (Å²) >= 11 is 0. The summed E-state index contributed by atoms with van der Waals surface area (Å²) in [5, 5.41) is 0. The Balaban J connectivity index is 1.92. The highest BCUT2D eigenvalue weighted by atomic mass is 16.5. The SMILES string of the molecule is Cc1ccc2c(c1)N(Cc1cncnc1)CC(C)O2. The van der Waals surface area contributed by atoms with Crippen LogP contribution in [0.1, 0.15) is 18.1 Å². The number of benzene rings is 1. The molecule has 0 fully saturated rings. The number of hydrogen-bond donors (Lipinski definition) is 0. The third-order valence-corrected chi connectivity index (χ3v) is 3.25. The average Bonchev–Trinajstić information content (AvgIpc) is 2.41. The first-order valence-corrected chi connectivity index (χ1v) is 6.48. The third kappa shape index (κ3) is 2.52. The summed E-state index contributed by atoms with van der Waals surface area (Å²) in [6.45, 7) is 5.88. The second kappa shape index (κ2) is 4.88. The van der Waals surface area contributed by atoms with Crippen LogP contribution in [0.4, 0.5) is 5.69 Å². The lowest BCUT2D eigenvalue weighted by Gasteiger charge is -2.35. The van der Waals surface area contributed by atoms with Crippen LogP contribution in [0.3, 0.4) is 0 Å². The molecule has 1 aliphatic rings. The fraction of sp³-hybridized carbons (Fsp3) is 0.333. The van der Waals surface area contributed by atoms with E-state index in [1.165, 1.54) is 5.56 Å². The molecule has 4 nitrogen and oxygen atoms in total. The van der Waals surface area contributed by atoms with Crippen LogP contribution in [0.5, 0.6) is 5.75 Å². The van der Waals surface area contributed by atoms with Crippen molar-refractivity contribution in [1.82, 2.24) is 9.97 Å². The first kappa shape index (κ1) is 12.0. The van der Waals surface area contributed by atoms with Crippen molar-refractivity contribution in [3.05, 3.63) is 48.0 Å². The molecule has 4 heteroatoms. The molecular weight excluding hydrogens is 238 g/mol. The largest absolute Gasteiger partial charge is 0.487 e. The van der Waals surface area contributed by atoms with Gasteiger partial charge in [0.2, 0.25) is 0 Å². The molecule has 1 atom stereocenters. The Morgan fingerprint density at radius 1 is 1.32 bits per heavy atom. The highest BCUT2D eigenvalue weighted by molar-refractivity contribution is 5.61. The molecule has 0 saturated heterocycles. The fourth-order valence-corrected chi connectivity index (χ4v) is 2.42. The average molecular weight is 255 g/mol. The summed E-state index contributed by atoms with van der Waals surface area (Å²) < 4.78 is 5.88. The van der Waals surface area contributed by atoms with E-state index in [2.05, 4.69) is 46.9 Å². The summed E-state index contributed by atoms with van der Waals surface area (Å²) in [6.07, 6.45) is 5.48. The van der Waals surface area contributed by atoms with Gasteiger partial charge in [-0.2, -0.15) is 0 Å². The van der Waals surface area contributed by atoms with E-state index in [0.29, 0.717) is 0 Å². The Morgan fingerprint density at radius 3 is 2.89 bits per heavy atom. The van der Waals surface area contributed by atoms with Crippen LogP contribution >= 0.6 is 0 Å². The van der Waals surface area contributed by atoms with Gasteiger partial charge in [0, 0.05) is 24.5 Å². The molecule has 1 aromatic heterocycles. The van der Waals surface area contributed by atoms with Gasteiger partial charge in [0.25, 0.3) is 0 Å². The molecule has 19 heavy (non-hydrogen) atoms. The maximum Gasteiger partial charge on any atom is 0.143 e. The van der Waals surface area contributed by atoms with E-state index in [0.717, 1.165) is 30.1 Å². The molecule has 0 spiro atoms. The van der Waals surface area contributed by atoms with Gasteiger partial charge in [-0.25, -0.2) is 9.97 Å². The molecule has 2 heterocycles. The molecule has 0 bridgehead atoms. The highest BCUT2D eigenvalue weighted by Gasteiger charge is 2.23. The van der Waals surface area contributed by atoms with E-state index >= 15 is 0 Å².